The van der Waals surface area contributed by atoms with Crippen LogP contribution in [0.3, 0.4) is 0 Å². The number of amides is 1. The van der Waals surface area contributed by atoms with E-state index < -0.39 is 5.82 Å². The Hall–Kier alpha value is -4.27. The van der Waals surface area contributed by atoms with Gasteiger partial charge in [0.15, 0.2) is 5.16 Å². The first-order valence-corrected chi connectivity index (χ1v) is 16.1. The zero-order valence-corrected chi connectivity index (χ0v) is 25.3. The van der Waals surface area contributed by atoms with Crippen LogP contribution in [0.25, 0.3) is 16.6 Å². The van der Waals surface area contributed by atoms with Crippen LogP contribution in [0.5, 0.6) is 0 Å². The van der Waals surface area contributed by atoms with E-state index in [1.165, 1.54) is 33.5 Å². The molecule has 2 heterocycles. The fourth-order valence-electron chi connectivity index (χ4n) is 5.87. The van der Waals surface area contributed by atoms with Gasteiger partial charge in [-0.1, -0.05) is 96.7 Å². The fourth-order valence-corrected chi connectivity index (χ4v) is 6.87. The van der Waals surface area contributed by atoms with Crippen molar-refractivity contribution in [2.75, 3.05) is 31.9 Å². The number of aromatic nitrogens is 2. The summed E-state index contributed by atoms with van der Waals surface area (Å²) in [5.74, 6) is 0.367. The first-order valence-electron chi connectivity index (χ1n) is 15.1. The van der Waals surface area contributed by atoms with Crippen molar-refractivity contribution < 1.29 is 9.18 Å². The molecule has 1 aliphatic rings. The fraction of sp³-hybridized carbons (Fsp3) is 0.250. The van der Waals surface area contributed by atoms with Crippen LogP contribution in [0, 0.1) is 5.82 Å². The number of carbonyl (C=O) groups is 1. The van der Waals surface area contributed by atoms with E-state index in [9.17, 15) is 14.0 Å². The number of unbranched alkanes of at least 4 members (excludes halogenated alkanes) is 1. The number of fused-ring (bicyclic) bond motifs is 1. The van der Waals surface area contributed by atoms with E-state index in [4.69, 9.17) is 4.98 Å². The highest BCUT2D eigenvalue weighted by molar-refractivity contribution is 7.99. The van der Waals surface area contributed by atoms with Crippen molar-refractivity contribution >= 4 is 28.6 Å². The van der Waals surface area contributed by atoms with E-state index in [1.807, 2.05) is 23.1 Å². The Balaban J connectivity index is 1.04. The molecule has 1 amide bonds. The minimum atomic E-state index is -0.474. The van der Waals surface area contributed by atoms with Crippen LogP contribution in [0.1, 0.15) is 36.4 Å². The maximum absolute atomic E-state index is 14.7. The number of nitrogens with zero attached hydrogens (tertiary/aromatic N) is 4. The Kier molecular flexibility index (Phi) is 9.48. The van der Waals surface area contributed by atoms with Gasteiger partial charge in [-0.25, -0.2) is 9.37 Å². The molecule has 0 atom stereocenters. The van der Waals surface area contributed by atoms with Gasteiger partial charge >= 0.3 is 0 Å². The number of rotatable bonds is 10. The summed E-state index contributed by atoms with van der Waals surface area (Å²) in [7, 11) is 0. The molecule has 1 aliphatic heterocycles. The van der Waals surface area contributed by atoms with Gasteiger partial charge in [0.2, 0.25) is 5.91 Å². The van der Waals surface area contributed by atoms with Gasteiger partial charge in [0.25, 0.3) is 5.56 Å². The lowest BCUT2D eigenvalue weighted by atomic mass is 9.96. The summed E-state index contributed by atoms with van der Waals surface area (Å²) in [5.41, 5.74) is 3.01. The van der Waals surface area contributed by atoms with Gasteiger partial charge in [-0.2, -0.15) is 0 Å². The molecule has 0 spiro atoms. The molecule has 0 aliphatic carbocycles. The molecule has 0 saturated carbocycles. The highest BCUT2D eigenvalue weighted by Crippen LogP contribution is 2.30. The van der Waals surface area contributed by atoms with E-state index in [-0.39, 0.29) is 23.2 Å². The van der Waals surface area contributed by atoms with Crippen LogP contribution >= 0.6 is 11.8 Å². The number of hydrogen-bond acceptors (Lipinski definition) is 5. The summed E-state index contributed by atoms with van der Waals surface area (Å²) in [4.78, 5) is 35.6. The van der Waals surface area contributed by atoms with Crippen molar-refractivity contribution in [3.63, 3.8) is 0 Å². The second-order valence-corrected chi connectivity index (χ2v) is 12.0. The van der Waals surface area contributed by atoms with E-state index in [1.54, 1.807) is 36.4 Å². The molecular weight excluding hydrogens is 571 g/mol. The first-order chi connectivity index (χ1) is 21.6. The summed E-state index contributed by atoms with van der Waals surface area (Å²) in [6.45, 7) is 3.05. The normalized spacial score (nSPS) is 13.9. The van der Waals surface area contributed by atoms with Gasteiger partial charge in [0.05, 0.1) is 22.6 Å². The quantitative estimate of drug-likeness (QED) is 0.100. The summed E-state index contributed by atoms with van der Waals surface area (Å²) in [6.07, 6.45) is 1.99. The van der Waals surface area contributed by atoms with Gasteiger partial charge in [0, 0.05) is 38.4 Å². The monoisotopic (exact) mass is 606 g/mol. The molecular formula is C36H35FN4O2S. The Labute approximate surface area is 261 Å². The minimum Gasteiger partial charge on any atom is -0.340 e. The average Bonchev–Trinajstić information content (AvgIpc) is 3.07. The summed E-state index contributed by atoms with van der Waals surface area (Å²) >= 11 is 1.42. The highest BCUT2D eigenvalue weighted by Gasteiger charge is 2.28. The maximum Gasteiger partial charge on any atom is 0.266 e. The molecule has 0 radical (unpaired) electrons. The third-order valence-electron chi connectivity index (χ3n) is 8.12. The van der Waals surface area contributed by atoms with Gasteiger partial charge in [-0.3, -0.25) is 19.1 Å². The molecule has 1 aromatic heterocycles. The second-order valence-electron chi connectivity index (χ2n) is 10.9. The SMILES string of the molecule is O=C(CCCCSc1nc2ccccc2c(=O)n1-c1ccccc1F)N1CCN(C(c2ccccc2)c2ccccc2)CC1. The van der Waals surface area contributed by atoms with Gasteiger partial charge < -0.3 is 4.90 Å². The Morgan fingerprint density at radius 1 is 0.773 bits per heavy atom. The third kappa shape index (κ3) is 6.61. The number of benzene rings is 4. The van der Waals surface area contributed by atoms with Gasteiger partial charge in [-0.05, 0) is 48.2 Å². The molecule has 6 nitrogen and oxygen atoms in total. The minimum absolute atomic E-state index is 0.164. The smallest absolute Gasteiger partial charge is 0.266 e. The molecule has 0 bridgehead atoms. The van der Waals surface area contributed by atoms with E-state index >= 15 is 0 Å². The third-order valence-corrected chi connectivity index (χ3v) is 9.14. The van der Waals surface area contributed by atoms with Crippen molar-refractivity contribution in [2.24, 2.45) is 0 Å². The molecule has 4 aromatic carbocycles. The highest BCUT2D eigenvalue weighted by atomic mass is 32.2. The number of carbonyl (C=O) groups excluding carboxylic acids is 1. The van der Waals surface area contributed by atoms with Crippen LogP contribution in [-0.4, -0.2) is 57.2 Å². The molecule has 6 rings (SSSR count). The lowest BCUT2D eigenvalue weighted by molar-refractivity contribution is -0.133. The second kappa shape index (κ2) is 14.0. The Morgan fingerprint density at radius 2 is 1.39 bits per heavy atom. The Bertz CT molecular complexity index is 1730. The number of para-hydroxylation sites is 2. The van der Waals surface area contributed by atoms with Gasteiger partial charge in [0.1, 0.15) is 5.82 Å². The van der Waals surface area contributed by atoms with E-state index in [0.717, 1.165) is 25.9 Å². The molecule has 5 aromatic rings. The van der Waals surface area contributed by atoms with Crippen LogP contribution in [-0.2, 0) is 4.79 Å². The molecule has 1 saturated heterocycles. The Morgan fingerprint density at radius 3 is 2.07 bits per heavy atom. The van der Waals surface area contributed by atoms with Crippen LogP contribution in [0.15, 0.2) is 119 Å². The summed E-state index contributed by atoms with van der Waals surface area (Å²) in [6, 6.07) is 34.7. The van der Waals surface area contributed by atoms with Crippen LogP contribution < -0.4 is 5.56 Å². The molecule has 0 N–H and O–H groups in total. The standard InChI is InChI=1S/C36H35FN4O2S/c37-30-18-8-10-20-32(30)41-35(43)29-17-7-9-19-31(29)38-36(41)44-26-12-11-21-33(42)39-22-24-40(25-23-39)34(27-13-3-1-4-14-27)28-15-5-2-6-16-28/h1-10,13-20,34H,11-12,21-26H2. The van der Waals surface area contributed by atoms with Crippen LogP contribution in [0.4, 0.5) is 4.39 Å². The number of thioether (sulfide) groups is 1. The van der Waals surface area contributed by atoms with E-state index in [2.05, 4.69) is 53.4 Å². The van der Waals surface area contributed by atoms with Gasteiger partial charge in [-0.15, -0.1) is 0 Å². The van der Waals surface area contributed by atoms with Crippen molar-refractivity contribution in [3.8, 4) is 5.69 Å². The van der Waals surface area contributed by atoms with Crippen molar-refractivity contribution in [3.05, 3.63) is 136 Å². The maximum atomic E-state index is 14.7. The summed E-state index contributed by atoms with van der Waals surface area (Å²) in [5, 5.41) is 0.900. The lowest BCUT2D eigenvalue weighted by Gasteiger charge is -2.40. The first kappa shape index (κ1) is 29.8. The lowest BCUT2D eigenvalue weighted by Crippen LogP contribution is -2.49. The summed E-state index contributed by atoms with van der Waals surface area (Å²) < 4.78 is 16.1. The van der Waals surface area contributed by atoms with Crippen molar-refractivity contribution in [1.82, 2.24) is 19.4 Å². The molecule has 0 unspecified atom stereocenters. The number of halogens is 1. The number of hydrogen-bond donors (Lipinski definition) is 0. The van der Waals surface area contributed by atoms with Crippen molar-refractivity contribution in [2.45, 2.75) is 30.5 Å². The van der Waals surface area contributed by atoms with Crippen molar-refractivity contribution in [1.29, 1.82) is 0 Å². The zero-order valence-electron chi connectivity index (χ0n) is 24.5. The van der Waals surface area contributed by atoms with Crippen LogP contribution in [0.2, 0.25) is 0 Å². The predicted octanol–water partition coefficient (Wildman–Crippen LogP) is 6.72. The largest absolute Gasteiger partial charge is 0.340 e. The molecule has 1 fully saturated rings. The topological polar surface area (TPSA) is 58.4 Å². The van der Waals surface area contributed by atoms with E-state index in [0.29, 0.717) is 41.3 Å². The number of piperazine rings is 1. The molecule has 224 valence electrons. The molecule has 8 heteroatoms. The average molecular weight is 607 g/mol. The predicted molar refractivity (Wildman–Crippen MR) is 175 cm³/mol. The zero-order chi connectivity index (χ0) is 30.3. The molecule has 44 heavy (non-hydrogen) atoms.